The van der Waals surface area contributed by atoms with Crippen LogP contribution in [0.3, 0.4) is 0 Å². The van der Waals surface area contributed by atoms with Crippen LogP contribution in [0.25, 0.3) is 11.1 Å². The first-order chi connectivity index (χ1) is 15.4. The van der Waals surface area contributed by atoms with Gasteiger partial charge in [-0.1, -0.05) is 18.2 Å². The van der Waals surface area contributed by atoms with Crippen molar-refractivity contribution >= 4 is 29.5 Å². The third-order valence-electron chi connectivity index (χ3n) is 5.59. The van der Waals surface area contributed by atoms with Crippen molar-refractivity contribution in [2.45, 2.75) is 58.7 Å². The Labute approximate surface area is 194 Å². The molecule has 0 bridgehead atoms. The summed E-state index contributed by atoms with van der Waals surface area (Å²) in [6, 6.07) is 12.5. The van der Waals surface area contributed by atoms with Gasteiger partial charge >= 0.3 is 12.2 Å². The summed E-state index contributed by atoms with van der Waals surface area (Å²) < 4.78 is 5.45. The molecule has 1 aliphatic heterocycles. The molecule has 0 aliphatic carbocycles. The smallest absolute Gasteiger partial charge is 0.411 e. The number of carboxylic acid groups (broad SMARTS) is 1. The highest BCUT2D eigenvalue weighted by Gasteiger charge is 2.34. The van der Waals surface area contributed by atoms with Gasteiger partial charge in [0.15, 0.2) is 0 Å². The van der Waals surface area contributed by atoms with Crippen molar-refractivity contribution in [2.24, 2.45) is 0 Å². The van der Waals surface area contributed by atoms with Crippen molar-refractivity contribution in [3.63, 3.8) is 0 Å². The molecule has 0 saturated carbocycles. The first kappa shape index (κ1) is 24.1. The van der Waals surface area contributed by atoms with Gasteiger partial charge in [-0.15, -0.1) is 0 Å². The van der Waals surface area contributed by atoms with Crippen LogP contribution in [0.2, 0.25) is 0 Å². The third-order valence-corrected chi connectivity index (χ3v) is 5.59. The van der Waals surface area contributed by atoms with E-state index < -0.39 is 17.8 Å². The Kier molecular flexibility index (Phi) is 6.67. The molecule has 1 heterocycles. The van der Waals surface area contributed by atoms with Gasteiger partial charge in [0.2, 0.25) is 5.91 Å². The Morgan fingerprint density at radius 3 is 2.24 bits per heavy atom. The number of hydrogen-bond acceptors (Lipinski definition) is 4. The Balaban J connectivity index is 1.98. The van der Waals surface area contributed by atoms with Crippen molar-refractivity contribution in [3.05, 3.63) is 48.0 Å². The molecule has 8 heteroatoms. The standard InChI is InChI=1S/C25H31N3O5/c1-15-13-21(26-23(30)33-25(3,4)5)20-14-18(9-12-22(20)28(15)16(2)29)17-7-10-19(11-8-17)27(6)24(31)32/h7-12,14-15,21H,13H2,1-6H3,(H,26,30)(H,31,32)/t15-,21+/m0/s1. The molecule has 2 N–H and O–H groups in total. The van der Waals surface area contributed by atoms with Gasteiger partial charge in [0.05, 0.1) is 6.04 Å². The predicted molar refractivity (Wildman–Crippen MR) is 128 cm³/mol. The van der Waals surface area contributed by atoms with Gasteiger partial charge in [-0.3, -0.25) is 9.69 Å². The number of alkyl carbamates (subject to hydrolysis) is 1. The molecule has 0 fully saturated rings. The molecule has 33 heavy (non-hydrogen) atoms. The zero-order valence-corrected chi connectivity index (χ0v) is 19.9. The second-order valence-electron chi connectivity index (χ2n) is 9.33. The molecular formula is C25H31N3O5. The van der Waals surface area contributed by atoms with Gasteiger partial charge in [0.25, 0.3) is 0 Å². The topological polar surface area (TPSA) is 99.2 Å². The summed E-state index contributed by atoms with van der Waals surface area (Å²) >= 11 is 0. The van der Waals surface area contributed by atoms with Crippen LogP contribution in [0, 0.1) is 0 Å². The summed E-state index contributed by atoms with van der Waals surface area (Å²) in [6.45, 7) is 8.92. The van der Waals surface area contributed by atoms with Crippen LogP contribution >= 0.6 is 0 Å². The van der Waals surface area contributed by atoms with Crippen molar-refractivity contribution in [2.75, 3.05) is 16.8 Å². The molecule has 0 unspecified atom stereocenters. The second-order valence-corrected chi connectivity index (χ2v) is 9.33. The van der Waals surface area contributed by atoms with E-state index >= 15 is 0 Å². The van der Waals surface area contributed by atoms with E-state index in [0.29, 0.717) is 12.1 Å². The number of carbonyl (C=O) groups excluding carboxylic acids is 2. The lowest BCUT2D eigenvalue weighted by Gasteiger charge is -2.39. The average Bonchev–Trinajstić information content (AvgIpc) is 2.71. The number of rotatable bonds is 3. The maximum absolute atomic E-state index is 12.5. The SMILES string of the molecule is CC(=O)N1c2ccc(-c3ccc(N(C)C(=O)O)cc3)cc2[C@H](NC(=O)OC(C)(C)C)C[C@@H]1C. The molecule has 0 spiro atoms. The number of hydrogen-bond donors (Lipinski definition) is 2. The number of benzene rings is 2. The third kappa shape index (κ3) is 5.45. The fourth-order valence-corrected chi connectivity index (χ4v) is 4.10. The van der Waals surface area contributed by atoms with Crippen LogP contribution in [0.15, 0.2) is 42.5 Å². The Morgan fingerprint density at radius 2 is 1.70 bits per heavy atom. The minimum Gasteiger partial charge on any atom is -0.465 e. The van der Waals surface area contributed by atoms with Crippen LogP contribution in [0.4, 0.5) is 21.0 Å². The summed E-state index contributed by atoms with van der Waals surface area (Å²) in [5.74, 6) is -0.0618. The first-order valence-corrected chi connectivity index (χ1v) is 10.9. The van der Waals surface area contributed by atoms with E-state index in [9.17, 15) is 14.4 Å². The van der Waals surface area contributed by atoms with Crippen molar-refractivity contribution < 1.29 is 24.2 Å². The van der Waals surface area contributed by atoms with Crippen molar-refractivity contribution in [1.82, 2.24) is 5.32 Å². The van der Waals surface area contributed by atoms with Gasteiger partial charge in [0, 0.05) is 31.4 Å². The zero-order chi connectivity index (χ0) is 24.5. The normalized spacial score (nSPS) is 17.7. The first-order valence-electron chi connectivity index (χ1n) is 10.9. The number of ether oxygens (including phenoxy) is 1. The van der Waals surface area contributed by atoms with E-state index in [4.69, 9.17) is 9.84 Å². The van der Waals surface area contributed by atoms with Crippen LogP contribution in [-0.2, 0) is 9.53 Å². The molecule has 2 aromatic rings. The fraction of sp³-hybridized carbons (Fsp3) is 0.400. The van der Waals surface area contributed by atoms with Gasteiger partial charge < -0.3 is 20.1 Å². The summed E-state index contributed by atoms with van der Waals surface area (Å²) in [5, 5.41) is 12.1. The number of nitrogens with zero attached hydrogens (tertiary/aromatic N) is 2. The Bertz CT molecular complexity index is 1060. The lowest BCUT2D eigenvalue weighted by atomic mass is 9.89. The zero-order valence-electron chi connectivity index (χ0n) is 19.9. The van der Waals surface area contributed by atoms with E-state index in [2.05, 4.69) is 5.32 Å². The number of fused-ring (bicyclic) bond motifs is 1. The van der Waals surface area contributed by atoms with E-state index in [0.717, 1.165) is 27.3 Å². The lowest BCUT2D eigenvalue weighted by molar-refractivity contribution is -0.117. The van der Waals surface area contributed by atoms with Gasteiger partial charge in [-0.2, -0.15) is 0 Å². The molecule has 3 amide bonds. The summed E-state index contributed by atoms with van der Waals surface area (Å²) in [6.07, 6.45) is -0.989. The molecule has 0 radical (unpaired) electrons. The Hall–Kier alpha value is -3.55. The Morgan fingerprint density at radius 1 is 1.09 bits per heavy atom. The molecule has 3 rings (SSSR count). The molecule has 2 aromatic carbocycles. The summed E-state index contributed by atoms with van der Waals surface area (Å²) in [7, 11) is 1.49. The second kappa shape index (κ2) is 9.13. The largest absolute Gasteiger partial charge is 0.465 e. The number of anilines is 2. The minimum atomic E-state index is -1.04. The number of amides is 3. The molecular weight excluding hydrogens is 422 g/mol. The molecule has 176 valence electrons. The predicted octanol–water partition coefficient (Wildman–Crippen LogP) is 5.18. The average molecular weight is 454 g/mol. The van der Waals surface area contributed by atoms with Crippen molar-refractivity contribution in [1.29, 1.82) is 0 Å². The minimum absolute atomic E-state index is 0.0618. The van der Waals surface area contributed by atoms with Crippen LogP contribution < -0.4 is 15.1 Å². The van der Waals surface area contributed by atoms with E-state index in [1.54, 1.807) is 17.0 Å². The fourth-order valence-electron chi connectivity index (χ4n) is 4.10. The highest BCUT2D eigenvalue weighted by molar-refractivity contribution is 5.94. The maximum Gasteiger partial charge on any atom is 0.411 e. The quantitative estimate of drug-likeness (QED) is 0.667. The van der Waals surface area contributed by atoms with E-state index in [-0.39, 0.29) is 18.0 Å². The summed E-state index contributed by atoms with van der Waals surface area (Å²) in [4.78, 5) is 38.9. The van der Waals surface area contributed by atoms with Crippen LogP contribution in [-0.4, -0.2) is 41.9 Å². The number of nitrogens with one attached hydrogen (secondary N) is 1. The molecule has 0 aromatic heterocycles. The van der Waals surface area contributed by atoms with E-state index in [1.807, 2.05) is 58.0 Å². The molecule has 2 atom stereocenters. The van der Waals surface area contributed by atoms with Gasteiger partial charge in [-0.05, 0) is 75.1 Å². The van der Waals surface area contributed by atoms with Crippen LogP contribution in [0.1, 0.15) is 52.6 Å². The highest BCUT2D eigenvalue weighted by Crippen LogP contribution is 2.40. The van der Waals surface area contributed by atoms with Crippen LogP contribution in [0.5, 0.6) is 0 Å². The van der Waals surface area contributed by atoms with Gasteiger partial charge in [0.1, 0.15) is 5.60 Å². The monoisotopic (exact) mass is 453 g/mol. The van der Waals surface area contributed by atoms with Crippen molar-refractivity contribution in [3.8, 4) is 11.1 Å². The maximum atomic E-state index is 12.5. The highest BCUT2D eigenvalue weighted by atomic mass is 16.6. The molecule has 1 aliphatic rings. The lowest BCUT2D eigenvalue weighted by Crippen LogP contribution is -2.46. The molecule has 8 nitrogen and oxygen atoms in total. The van der Waals surface area contributed by atoms with Gasteiger partial charge in [-0.25, -0.2) is 9.59 Å². The van der Waals surface area contributed by atoms with E-state index in [1.165, 1.54) is 14.0 Å². The number of carbonyl (C=O) groups is 3. The molecule has 0 saturated heterocycles. The summed E-state index contributed by atoms with van der Waals surface area (Å²) in [5.41, 5.74) is 3.32.